The summed E-state index contributed by atoms with van der Waals surface area (Å²) in [6, 6.07) is 14.5. The topological polar surface area (TPSA) is 64.1 Å². The van der Waals surface area contributed by atoms with Gasteiger partial charge in [0.15, 0.2) is 0 Å². The normalized spacial score (nSPS) is 11.2. The van der Waals surface area contributed by atoms with Crippen LogP contribution in [0.15, 0.2) is 60.9 Å². The zero-order chi connectivity index (χ0) is 21.3. The number of halogens is 1. The number of carbonyl (C=O) groups is 1. The average Bonchev–Trinajstić information content (AvgIpc) is 2.73. The molecular formula is C24H22FN3O2. The van der Waals surface area contributed by atoms with Crippen LogP contribution in [0.4, 0.5) is 4.39 Å². The third kappa shape index (κ3) is 6.42. The summed E-state index contributed by atoms with van der Waals surface area (Å²) in [6.45, 7) is 3.55. The van der Waals surface area contributed by atoms with Gasteiger partial charge in [0, 0.05) is 36.5 Å². The fourth-order valence-electron chi connectivity index (χ4n) is 2.83. The Morgan fingerprint density at radius 3 is 2.40 bits per heavy atom. The molecule has 1 amide bonds. The van der Waals surface area contributed by atoms with Gasteiger partial charge in [0.05, 0.1) is 5.56 Å². The van der Waals surface area contributed by atoms with E-state index in [1.54, 1.807) is 30.6 Å². The van der Waals surface area contributed by atoms with Gasteiger partial charge >= 0.3 is 6.01 Å². The molecule has 1 heterocycles. The number of nitrogens with zero attached hydrogens (tertiary/aromatic N) is 2. The second-order valence-electron chi connectivity index (χ2n) is 6.89. The number of nitrogens with one attached hydrogen (secondary N) is 1. The lowest BCUT2D eigenvalue weighted by atomic mass is 10.1. The maximum Gasteiger partial charge on any atom is 0.316 e. The minimum atomic E-state index is -0.324. The van der Waals surface area contributed by atoms with Gasteiger partial charge in [0.1, 0.15) is 12.4 Å². The molecule has 1 N–H and O–H groups in total. The highest BCUT2D eigenvalue weighted by Gasteiger charge is 2.05. The van der Waals surface area contributed by atoms with Crippen molar-refractivity contribution in [1.82, 2.24) is 15.3 Å². The molecule has 1 atom stereocenters. The van der Waals surface area contributed by atoms with Gasteiger partial charge in [-0.2, -0.15) is 0 Å². The Morgan fingerprint density at radius 1 is 1.07 bits per heavy atom. The molecule has 0 aliphatic rings. The standard InChI is InChI=1S/C24H22FN3O2/c1-17(28-18(2)29)13-20-10-7-19(8-11-20)9-12-21-14-26-24(27-15-21)30-16-22-5-3-4-6-23(22)25/h3-8,10-11,14-15,17H,13,16H2,1-2H3,(H,28,29). The third-order valence-electron chi connectivity index (χ3n) is 4.24. The van der Waals surface area contributed by atoms with Crippen molar-refractivity contribution in [3.05, 3.63) is 89.0 Å². The zero-order valence-corrected chi connectivity index (χ0v) is 16.9. The molecule has 3 aromatic rings. The predicted octanol–water partition coefficient (Wildman–Crippen LogP) is 3.66. The van der Waals surface area contributed by atoms with E-state index in [4.69, 9.17) is 4.74 Å². The molecule has 6 heteroatoms. The first-order valence-electron chi connectivity index (χ1n) is 9.56. The molecule has 0 spiro atoms. The fourth-order valence-corrected chi connectivity index (χ4v) is 2.83. The highest BCUT2D eigenvalue weighted by Crippen LogP contribution is 2.10. The van der Waals surface area contributed by atoms with Crippen molar-refractivity contribution < 1.29 is 13.9 Å². The minimum absolute atomic E-state index is 0.0316. The molecule has 0 bridgehead atoms. The Morgan fingerprint density at radius 2 is 1.73 bits per heavy atom. The molecule has 0 radical (unpaired) electrons. The number of carbonyl (C=O) groups excluding carboxylic acids is 1. The molecule has 30 heavy (non-hydrogen) atoms. The van der Waals surface area contributed by atoms with E-state index in [1.165, 1.54) is 13.0 Å². The van der Waals surface area contributed by atoms with Gasteiger partial charge in [-0.05, 0) is 37.1 Å². The van der Waals surface area contributed by atoms with Gasteiger partial charge in [-0.15, -0.1) is 0 Å². The highest BCUT2D eigenvalue weighted by atomic mass is 19.1. The summed E-state index contributed by atoms with van der Waals surface area (Å²) in [5, 5.41) is 2.87. The largest absolute Gasteiger partial charge is 0.458 e. The van der Waals surface area contributed by atoms with Gasteiger partial charge in [-0.1, -0.05) is 42.2 Å². The summed E-state index contributed by atoms with van der Waals surface area (Å²) < 4.78 is 19.0. The molecule has 0 aliphatic carbocycles. The van der Waals surface area contributed by atoms with Crippen molar-refractivity contribution in [3.63, 3.8) is 0 Å². The van der Waals surface area contributed by atoms with Crippen molar-refractivity contribution in [3.8, 4) is 17.9 Å². The molecule has 3 rings (SSSR count). The molecule has 152 valence electrons. The van der Waals surface area contributed by atoms with Gasteiger partial charge in [0.25, 0.3) is 0 Å². The number of amides is 1. The molecule has 2 aromatic carbocycles. The van der Waals surface area contributed by atoms with Crippen molar-refractivity contribution in [2.24, 2.45) is 0 Å². The van der Waals surface area contributed by atoms with E-state index in [9.17, 15) is 9.18 Å². The van der Waals surface area contributed by atoms with E-state index < -0.39 is 0 Å². The fraction of sp³-hybridized carbons (Fsp3) is 0.208. The Bertz CT molecular complexity index is 1050. The Hall–Kier alpha value is -3.72. The van der Waals surface area contributed by atoms with Crippen LogP contribution in [0.1, 0.15) is 36.1 Å². The monoisotopic (exact) mass is 403 g/mol. The van der Waals surface area contributed by atoms with E-state index in [0.717, 1.165) is 17.5 Å². The van der Waals surface area contributed by atoms with E-state index in [2.05, 4.69) is 27.1 Å². The zero-order valence-electron chi connectivity index (χ0n) is 16.9. The van der Waals surface area contributed by atoms with Gasteiger partial charge < -0.3 is 10.1 Å². The van der Waals surface area contributed by atoms with Crippen LogP contribution < -0.4 is 10.1 Å². The quantitative estimate of drug-likeness (QED) is 0.638. The van der Waals surface area contributed by atoms with E-state index in [1.807, 2.05) is 31.2 Å². The second-order valence-corrected chi connectivity index (χ2v) is 6.89. The van der Waals surface area contributed by atoms with Crippen LogP contribution >= 0.6 is 0 Å². The summed E-state index contributed by atoms with van der Waals surface area (Å²) >= 11 is 0. The average molecular weight is 403 g/mol. The van der Waals surface area contributed by atoms with Crippen LogP contribution in [0.2, 0.25) is 0 Å². The van der Waals surface area contributed by atoms with Crippen LogP contribution in [-0.4, -0.2) is 21.9 Å². The van der Waals surface area contributed by atoms with Crippen molar-refractivity contribution >= 4 is 5.91 Å². The van der Waals surface area contributed by atoms with Crippen LogP contribution in [-0.2, 0) is 17.8 Å². The van der Waals surface area contributed by atoms with Crippen molar-refractivity contribution in [1.29, 1.82) is 0 Å². The summed E-state index contributed by atoms with van der Waals surface area (Å²) in [4.78, 5) is 19.3. The number of benzene rings is 2. The number of rotatable bonds is 6. The lowest BCUT2D eigenvalue weighted by Gasteiger charge is -2.12. The molecule has 5 nitrogen and oxygen atoms in total. The lowest BCUT2D eigenvalue weighted by molar-refractivity contribution is -0.119. The van der Waals surface area contributed by atoms with Crippen LogP contribution in [0.25, 0.3) is 0 Å². The number of hydrogen-bond donors (Lipinski definition) is 1. The second kappa shape index (κ2) is 10.2. The molecule has 0 saturated heterocycles. The van der Waals surface area contributed by atoms with Crippen LogP contribution in [0.5, 0.6) is 6.01 Å². The maximum absolute atomic E-state index is 13.6. The van der Waals surface area contributed by atoms with Crippen LogP contribution in [0, 0.1) is 17.7 Å². The first-order chi connectivity index (χ1) is 14.5. The van der Waals surface area contributed by atoms with Crippen molar-refractivity contribution in [2.75, 3.05) is 0 Å². The summed E-state index contributed by atoms with van der Waals surface area (Å²) in [5.41, 5.74) is 3.09. The van der Waals surface area contributed by atoms with E-state index in [-0.39, 0.29) is 30.4 Å². The molecule has 1 unspecified atom stereocenters. The molecule has 0 saturated carbocycles. The molecular weight excluding hydrogens is 381 g/mol. The Kier molecular flexibility index (Phi) is 7.12. The van der Waals surface area contributed by atoms with Crippen molar-refractivity contribution in [2.45, 2.75) is 32.9 Å². The maximum atomic E-state index is 13.6. The Labute approximate surface area is 175 Å². The molecule has 0 fully saturated rings. The minimum Gasteiger partial charge on any atom is -0.458 e. The SMILES string of the molecule is CC(=O)NC(C)Cc1ccc(C#Cc2cnc(OCc3ccccc3F)nc2)cc1. The van der Waals surface area contributed by atoms with E-state index in [0.29, 0.717) is 11.1 Å². The predicted molar refractivity (Wildman–Crippen MR) is 112 cm³/mol. The first kappa shape index (κ1) is 21.0. The number of hydrogen-bond acceptors (Lipinski definition) is 4. The number of aromatic nitrogens is 2. The Balaban J connectivity index is 1.55. The molecule has 1 aromatic heterocycles. The summed E-state index contributed by atoms with van der Waals surface area (Å²) in [5.74, 6) is 5.72. The van der Waals surface area contributed by atoms with Gasteiger partial charge in [-0.3, -0.25) is 4.79 Å². The summed E-state index contributed by atoms with van der Waals surface area (Å²) in [7, 11) is 0. The van der Waals surface area contributed by atoms with Gasteiger partial charge in [0.2, 0.25) is 5.91 Å². The summed E-state index contributed by atoms with van der Waals surface area (Å²) in [6.07, 6.45) is 3.90. The first-order valence-corrected chi connectivity index (χ1v) is 9.56. The smallest absolute Gasteiger partial charge is 0.316 e. The molecule has 0 aliphatic heterocycles. The van der Waals surface area contributed by atoms with E-state index >= 15 is 0 Å². The van der Waals surface area contributed by atoms with Gasteiger partial charge in [-0.25, -0.2) is 14.4 Å². The number of ether oxygens (including phenoxy) is 1. The lowest BCUT2D eigenvalue weighted by Crippen LogP contribution is -2.31. The highest BCUT2D eigenvalue weighted by molar-refractivity contribution is 5.73. The third-order valence-corrected chi connectivity index (χ3v) is 4.24. The van der Waals surface area contributed by atoms with Crippen LogP contribution in [0.3, 0.4) is 0 Å².